The van der Waals surface area contributed by atoms with Crippen molar-refractivity contribution in [3.05, 3.63) is 0 Å². The van der Waals surface area contributed by atoms with Crippen LogP contribution in [-0.2, 0) is 57.5 Å². The fourth-order valence-corrected chi connectivity index (χ4v) is 8.95. The second kappa shape index (κ2) is 36.3. The van der Waals surface area contributed by atoms with E-state index in [1.54, 1.807) is 69.2 Å². The molecule has 12 N–H and O–H groups in total. The Balaban J connectivity index is 3.88. The van der Waals surface area contributed by atoms with E-state index in [2.05, 4.69) is 49.5 Å². The molecule has 1 fully saturated rings. The number of rotatable bonds is 30. The number of nitrogens with one attached hydrogen (secondary N) is 8. The molecule has 1 saturated heterocycles. The number of hydrogen-bond acceptors (Lipinski definition) is 13. The quantitative estimate of drug-likeness (QED) is 0.0364. The van der Waals surface area contributed by atoms with E-state index in [1.165, 1.54) is 6.92 Å². The Kier molecular flexibility index (Phi) is 32.7. The Morgan fingerprint density at radius 1 is 0.564 bits per heavy atom. The van der Waals surface area contributed by atoms with Gasteiger partial charge in [0.05, 0.1) is 18.9 Å². The summed E-state index contributed by atoms with van der Waals surface area (Å²) in [7, 11) is 0. The number of ether oxygens (including phenoxy) is 1. The van der Waals surface area contributed by atoms with Crippen LogP contribution in [0.2, 0.25) is 0 Å². The number of cyclic esters (lactones) is 1. The lowest BCUT2D eigenvalue weighted by molar-refractivity contribution is -0.156. The molecule has 0 unspecified atom stereocenters. The molecule has 446 valence electrons. The molecule has 10 atom stereocenters. The molecule has 0 aromatic heterocycles. The van der Waals surface area contributed by atoms with Crippen LogP contribution in [0, 0.1) is 29.6 Å². The highest BCUT2D eigenvalue weighted by molar-refractivity contribution is 5.99. The van der Waals surface area contributed by atoms with Crippen molar-refractivity contribution in [3.8, 4) is 0 Å². The second-order valence-electron chi connectivity index (χ2n) is 23.1. The van der Waals surface area contributed by atoms with Gasteiger partial charge >= 0.3 is 11.9 Å². The van der Waals surface area contributed by atoms with E-state index in [9.17, 15) is 63.0 Å². The van der Waals surface area contributed by atoms with E-state index in [0.29, 0.717) is 12.8 Å². The fraction of sp³-hybridized carbons (Fsp3) is 0.800. The zero-order chi connectivity index (χ0) is 59.4. The van der Waals surface area contributed by atoms with Crippen LogP contribution in [0.1, 0.15) is 192 Å². The Morgan fingerprint density at radius 2 is 1.00 bits per heavy atom. The third-order valence-corrected chi connectivity index (χ3v) is 12.9. The summed E-state index contributed by atoms with van der Waals surface area (Å²) in [5.41, 5.74) is 5.44. The van der Waals surface area contributed by atoms with Crippen LogP contribution in [0.25, 0.3) is 0 Å². The number of carboxylic acids is 1. The predicted molar refractivity (Wildman–Crippen MR) is 292 cm³/mol. The number of hydrogen-bond donors (Lipinski definition) is 11. The lowest BCUT2D eigenvalue weighted by Crippen LogP contribution is -2.62. The summed E-state index contributed by atoms with van der Waals surface area (Å²) in [5.74, 6) is -11.8. The van der Waals surface area contributed by atoms with Crippen LogP contribution >= 0.6 is 0 Å². The van der Waals surface area contributed by atoms with E-state index in [0.717, 1.165) is 38.5 Å². The first-order valence-corrected chi connectivity index (χ1v) is 28.2. The van der Waals surface area contributed by atoms with Gasteiger partial charge in [-0.2, -0.15) is 0 Å². The van der Waals surface area contributed by atoms with Gasteiger partial charge in [-0.05, 0) is 81.5 Å². The highest BCUT2D eigenvalue weighted by Gasteiger charge is 2.40. The fourth-order valence-electron chi connectivity index (χ4n) is 8.95. The zero-order valence-electron chi connectivity index (χ0n) is 48.6. The van der Waals surface area contributed by atoms with Crippen molar-refractivity contribution in [2.45, 2.75) is 253 Å². The summed E-state index contributed by atoms with van der Waals surface area (Å²) >= 11 is 0. The number of carboxylic acid groups (broad SMARTS) is 1. The standard InChI is InChI=1S/C55H97N9O14/c1-13-14-15-16-17-18-19-20-36(65)28-45(67)57-38(23-30(2)3)49(71)61-42(29-46(68)69)53(75)64-47-35(12)78-55(77)43(27-34(10)11)63-52(74)40(25-32(6)7)59-48(70)37(21-22-44(56)66)58-50(72)39(24-31(4)5)60-51(73)41(26-33(8)9)62-54(47)76/h30-43,47,65H,13-29H2,1-12H3,(H2,56,66)(H,57,67)(H,58,72)(H,59,70)(H,60,73)(H,61,71)(H,62,76)(H,63,74)(H,64,75)(H,68,69)/t35-,36-,37+,38+,39+,40+,41-,42-,43-,47-/m0/s1. The van der Waals surface area contributed by atoms with E-state index in [1.807, 2.05) is 0 Å². The van der Waals surface area contributed by atoms with Crippen molar-refractivity contribution in [1.82, 2.24) is 42.5 Å². The minimum atomic E-state index is -1.91. The van der Waals surface area contributed by atoms with Gasteiger partial charge in [-0.25, -0.2) is 4.79 Å². The molecule has 0 radical (unpaired) electrons. The topological polar surface area (TPSA) is 360 Å². The summed E-state index contributed by atoms with van der Waals surface area (Å²) in [6, 6.07) is -12.0. The first-order chi connectivity index (χ1) is 36.4. The Bertz CT molecular complexity index is 1980. The molecular formula is C55H97N9O14. The predicted octanol–water partition coefficient (Wildman–Crippen LogP) is 2.67. The molecule has 1 aliphatic rings. The Hall–Kier alpha value is -5.87. The van der Waals surface area contributed by atoms with E-state index in [4.69, 9.17) is 10.5 Å². The first kappa shape index (κ1) is 70.1. The van der Waals surface area contributed by atoms with E-state index < -0.39 is 132 Å². The minimum absolute atomic E-state index is 0.0209. The largest absolute Gasteiger partial charge is 0.481 e. The first-order valence-electron chi connectivity index (χ1n) is 28.2. The van der Waals surface area contributed by atoms with Crippen molar-refractivity contribution in [2.75, 3.05) is 0 Å². The molecular weight excluding hydrogens is 1010 g/mol. The zero-order valence-corrected chi connectivity index (χ0v) is 48.6. The monoisotopic (exact) mass is 1110 g/mol. The van der Waals surface area contributed by atoms with Crippen LogP contribution in [0.3, 0.4) is 0 Å². The molecule has 23 heteroatoms. The number of carbonyl (C=O) groups excluding carboxylic acids is 10. The van der Waals surface area contributed by atoms with E-state index >= 15 is 0 Å². The number of carbonyl (C=O) groups is 11. The van der Waals surface area contributed by atoms with E-state index in [-0.39, 0.29) is 81.0 Å². The number of aliphatic hydroxyl groups is 1. The van der Waals surface area contributed by atoms with Crippen LogP contribution in [-0.4, -0.2) is 136 Å². The van der Waals surface area contributed by atoms with Gasteiger partial charge in [0.2, 0.25) is 53.2 Å². The van der Waals surface area contributed by atoms with Crippen molar-refractivity contribution < 1.29 is 67.7 Å². The number of esters is 1. The summed E-state index contributed by atoms with van der Waals surface area (Å²) in [4.78, 5) is 151. The highest BCUT2D eigenvalue weighted by atomic mass is 16.5. The normalized spacial score (nSPS) is 22.4. The molecule has 0 saturated carbocycles. The van der Waals surface area contributed by atoms with Crippen LogP contribution in [0.4, 0.5) is 0 Å². The maximum Gasteiger partial charge on any atom is 0.328 e. The number of amides is 9. The van der Waals surface area contributed by atoms with Gasteiger partial charge in [-0.1, -0.05) is 121 Å². The van der Waals surface area contributed by atoms with Gasteiger partial charge in [0.15, 0.2) is 0 Å². The van der Waals surface area contributed by atoms with Crippen molar-refractivity contribution in [3.63, 3.8) is 0 Å². The highest BCUT2D eigenvalue weighted by Crippen LogP contribution is 2.17. The lowest BCUT2D eigenvalue weighted by atomic mass is 9.98. The molecule has 0 aliphatic carbocycles. The van der Waals surface area contributed by atoms with Gasteiger partial charge in [0.1, 0.15) is 54.4 Å². The summed E-state index contributed by atoms with van der Waals surface area (Å²) in [5, 5.41) is 41.3. The van der Waals surface area contributed by atoms with Gasteiger partial charge < -0.3 is 63.2 Å². The molecule has 0 aromatic carbocycles. The average Bonchev–Trinajstić information content (AvgIpc) is 3.31. The molecule has 78 heavy (non-hydrogen) atoms. The number of unbranched alkanes of at least 4 members (excludes halogenated alkanes) is 6. The summed E-state index contributed by atoms with van der Waals surface area (Å²) in [6.07, 6.45) is 3.02. The number of aliphatic hydroxyl groups excluding tert-OH is 1. The van der Waals surface area contributed by atoms with Crippen LogP contribution in [0.15, 0.2) is 0 Å². The van der Waals surface area contributed by atoms with Gasteiger partial charge in [-0.15, -0.1) is 0 Å². The van der Waals surface area contributed by atoms with Gasteiger partial charge in [-0.3, -0.25) is 47.9 Å². The third kappa shape index (κ3) is 28.7. The third-order valence-electron chi connectivity index (χ3n) is 12.9. The molecule has 1 rings (SSSR count). The second-order valence-corrected chi connectivity index (χ2v) is 23.1. The molecule has 0 aromatic rings. The smallest absolute Gasteiger partial charge is 0.328 e. The van der Waals surface area contributed by atoms with Crippen molar-refractivity contribution in [2.24, 2.45) is 35.3 Å². The Labute approximate surface area is 462 Å². The molecule has 0 bridgehead atoms. The van der Waals surface area contributed by atoms with Crippen LogP contribution in [0.5, 0.6) is 0 Å². The maximum atomic E-state index is 14.7. The Morgan fingerprint density at radius 3 is 1.46 bits per heavy atom. The van der Waals surface area contributed by atoms with Crippen molar-refractivity contribution in [1.29, 1.82) is 0 Å². The lowest BCUT2D eigenvalue weighted by Gasteiger charge is -2.31. The minimum Gasteiger partial charge on any atom is -0.481 e. The SMILES string of the molecule is CCCCCCCCC[C@H](O)CC(=O)N[C@H](CC(C)C)C(=O)N[C@@H](CC(=O)O)C(=O)N[C@@H]1C(=O)N[C@@H](CC(C)C)C(=O)N[C@H](CC(C)C)C(=O)N[C@H](CCC(N)=O)C(=O)N[C@H](CC(C)C)C(=O)N[C@@H](CC(C)C)C(=O)O[C@H]1C. The molecule has 1 heterocycles. The van der Waals surface area contributed by atoms with Gasteiger partial charge in [0.25, 0.3) is 0 Å². The average molecular weight is 1110 g/mol. The number of primary amides is 1. The van der Waals surface area contributed by atoms with Crippen LogP contribution < -0.4 is 48.3 Å². The van der Waals surface area contributed by atoms with Crippen molar-refractivity contribution >= 4 is 65.1 Å². The number of nitrogens with two attached hydrogens (primary N) is 1. The molecule has 23 nitrogen and oxygen atoms in total. The molecule has 0 spiro atoms. The molecule has 1 aliphatic heterocycles. The summed E-state index contributed by atoms with van der Waals surface area (Å²) in [6.45, 7) is 21.1. The molecule has 9 amide bonds. The van der Waals surface area contributed by atoms with Gasteiger partial charge in [0, 0.05) is 6.42 Å². The summed E-state index contributed by atoms with van der Waals surface area (Å²) < 4.78 is 5.85. The maximum absolute atomic E-state index is 14.7. The number of aliphatic carboxylic acids is 1.